The van der Waals surface area contributed by atoms with Crippen LogP contribution in [0.25, 0.3) is 0 Å². The molecule has 5 rings (SSSR count). The van der Waals surface area contributed by atoms with Crippen LogP contribution in [0.1, 0.15) is 56.1 Å². The van der Waals surface area contributed by atoms with Crippen LogP contribution in [0.2, 0.25) is 0 Å². The van der Waals surface area contributed by atoms with Crippen molar-refractivity contribution in [1.29, 1.82) is 0 Å². The summed E-state index contributed by atoms with van der Waals surface area (Å²) in [6.45, 7) is 1.17. The van der Waals surface area contributed by atoms with E-state index >= 15 is 0 Å². The summed E-state index contributed by atoms with van der Waals surface area (Å²) in [6, 6.07) is 7.17. The van der Waals surface area contributed by atoms with Gasteiger partial charge in [0.15, 0.2) is 0 Å². The number of esters is 1. The topological polar surface area (TPSA) is 47.6 Å². The lowest BCUT2D eigenvalue weighted by molar-refractivity contribution is -0.151. The van der Waals surface area contributed by atoms with Gasteiger partial charge in [0, 0.05) is 11.5 Å². The smallest absolute Gasteiger partial charge is 0.311 e. The number of hydrogen-bond donors (Lipinski definition) is 1. The predicted octanol–water partition coefficient (Wildman–Crippen LogP) is 3.32. The van der Waals surface area contributed by atoms with E-state index in [4.69, 9.17) is 9.47 Å². The second-order valence-corrected chi connectivity index (χ2v) is 8.34. The van der Waals surface area contributed by atoms with Crippen LogP contribution in [0.3, 0.4) is 0 Å². The van der Waals surface area contributed by atoms with Gasteiger partial charge in [0.25, 0.3) is 0 Å². The minimum absolute atomic E-state index is 0.0364. The predicted molar refractivity (Wildman–Crippen MR) is 94.5 cm³/mol. The molecule has 1 heterocycles. The molecule has 0 radical (unpaired) electrons. The zero-order valence-corrected chi connectivity index (χ0v) is 14.8. The maximum Gasteiger partial charge on any atom is 0.311 e. The van der Waals surface area contributed by atoms with Crippen LogP contribution in [0.4, 0.5) is 0 Å². The quantitative estimate of drug-likeness (QED) is 0.674. The Hall–Kier alpha value is -1.55. The number of carbonyl (C=O) groups excluding carboxylic acids is 1. The van der Waals surface area contributed by atoms with Gasteiger partial charge < -0.3 is 14.8 Å². The zero-order chi connectivity index (χ0) is 16.9. The van der Waals surface area contributed by atoms with Gasteiger partial charge in [-0.05, 0) is 74.2 Å². The van der Waals surface area contributed by atoms with E-state index < -0.39 is 0 Å². The molecule has 0 aromatic heterocycles. The molecule has 0 amide bonds. The molecule has 2 bridgehead atoms. The third kappa shape index (κ3) is 2.66. The van der Waals surface area contributed by atoms with Gasteiger partial charge in [0.1, 0.15) is 5.75 Å². The number of nitrogens with one attached hydrogen (secondary N) is 1. The molecule has 3 fully saturated rings. The molecule has 2 saturated carbocycles. The third-order valence-corrected chi connectivity index (χ3v) is 6.96. The second-order valence-electron chi connectivity index (χ2n) is 8.34. The molecule has 25 heavy (non-hydrogen) atoms. The van der Waals surface area contributed by atoms with Crippen LogP contribution in [0.5, 0.6) is 5.75 Å². The van der Waals surface area contributed by atoms with Gasteiger partial charge in [-0.15, -0.1) is 0 Å². The molecular formula is C21H27NO3. The van der Waals surface area contributed by atoms with Gasteiger partial charge in [-0.25, -0.2) is 0 Å². The van der Waals surface area contributed by atoms with E-state index in [0.717, 1.165) is 37.5 Å². The Balaban J connectivity index is 1.38. The molecule has 0 unspecified atom stereocenters. The minimum Gasteiger partial charge on any atom is -0.457 e. The van der Waals surface area contributed by atoms with Crippen molar-refractivity contribution < 1.29 is 14.3 Å². The first kappa shape index (κ1) is 15.7. The maximum absolute atomic E-state index is 11.6. The van der Waals surface area contributed by atoms with E-state index in [1.54, 1.807) is 0 Å². The number of fused-ring (bicyclic) bond motifs is 1. The van der Waals surface area contributed by atoms with Gasteiger partial charge in [-0.3, -0.25) is 4.79 Å². The summed E-state index contributed by atoms with van der Waals surface area (Å²) in [6.07, 6.45) is 9.68. The standard InChI is InChI=1S/C21H27NO3/c23-20(14-4-5-14)25-13-24-16-7-6-15-11-19-17-3-1-2-8-21(17,9-10-22-19)18(15)12-16/h6-7,12,14,17,19,22H,1-5,8-11,13H2/t17-,19+,21+/m1/s1. The average Bonchev–Trinajstić information content (AvgIpc) is 3.47. The monoisotopic (exact) mass is 341 g/mol. The summed E-state index contributed by atoms with van der Waals surface area (Å²) >= 11 is 0. The number of ether oxygens (including phenoxy) is 2. The number of carbonyl (C=O) groups is 1. The van der Waals surface area contributed by atoms with Crippen molar-refractivity contribution in [2.45, 2.75) is 62.8 Å². The number of benzene rings is 1. The van der Waals surface area contributed by atoms with Crippen LogP contribution in [-0.2, 0) is 21.4 Å². The third-order valence-electron chi connectivity index (χ3n) is 6.96. The van der Waals surface area contributed by atoms with E-state index in [9.17, 15) is 4.79 Å². The Morgan fingerprint density at radius 2 is 2.12 bits per heavy atom. The first-order chi connectivity index (χ1) is 12.3. The first-order valence-electron chi connectivity index (χ1n) is 9.92. The van der Waals surface area contributed by atoms with Crippen LogP contribution in [-0.4, -0.2) is 25.3 Å². The summed E-state index contributed by atoms with van der Waals surface area (Å²) < 4.78 is 11.0. The Bertz CT molecular complexity index is 680. The van der Waals surface area contributed by atoms with E-state index in [-0.39, 0.29) is 18.7 Å². The molecule has 3 aliphatic carbocycles. The van der Waals surface area contributed by atoms with Crippen molar-refractivity contribution in [2.24, 2.45) is 11.8 Å². The molecule has 4 nitrogen and oxygen atoms in total. The SMILES string of the molecule is O=C(OCOc1ccc2c(c1)[C@]13CCCC[C@@H]1[C@H](C2)NCC3)C1CC1. The van der Waals surface area contributed by atoms with Crippen molar-refractivity contribution in [2.75, 3.05) is 13.3 Å². The summed E-state index contributed by atoms with van der Waals surface area (Å²) in [5.41, 5.74) is 3.34. The minimum atomic E-state index is -0.106. The fraction of sp³-hybridized carbons (Fsp3) is 0.667. The van der Waals surface area contributed by atoms with Gasteiger partial charge >= 0.3 is 5.97 Å². The highest BCUT2D eigenvalue weighted by Crippen LogP contribution is 2.54. The Morgan fingerprint density at radius 3 is 3.00 bits per heavy atom. The lowest BCUT2D eigenvalue weighted by atomic mass is 9.53. The van der Waals surface area contributed by atoms with E-state index in [1.165, 1.54) is 43.2 Å². The van der Waals surface area contributed by atoms with Crippen molar-refractivity contribution in [1.82, 2.24) is 5.32 Å². The van der Waals surface area contributed by atoms with Crippen LogP contribution in [0, 0.1) is 11.8 Å². The van der Waals surface area contributed by atoms with Gasteiger partial charge in [-0.1, -0.05) is 18.9 Å². The Morgan fingerprint density at radius 1 is 1.20 bits per heavy atom. The highest BCUT2D eigenvalue weighted by Gasteiger charge is 2.51. The normalized spacial score (nSPS) is 33.1. The number of rotatable bonds is 4. The molecule has 134 valence electrons. The van der Waals surface area contributed by atoms with Crippen molar-refractivity contribution in [3.63, 3.8) is 0 Å². The number of piperidine rings is 1. The van der Waals surface area contributed by atoms with E-state index in [1.807, 2.05) is 6.07 Å². The van der Waals surface area contributed by atoms with Gasteiger partial charge in [-0.2, -0.15) is 0 Å². The van der Waals surface area contributed by atoms with Gasteiger partial charge in [0.05, 0.1) is 5.92 Å². The largest absolute Gasteiger partial charge is 0.457 e. The summed E-state index contributed by atoms with van der Waals surface area (Å²) in [5.74, 6) is 1.63. The zero-order valence-electron chi connectivity index (χ0n) is 14.8. The van der Waals surface area contributed by atoms with Crippen LogP contribution in [0.15, 0.2) is 18.2 Å². The van der Waals surface area contributed by atoms with Crippen LogP contribution < -0.4 is 10.1 Å². The molecular weight excluding hydrogens is 314 g/mol. The Labute approximate surface area is 149 Å². The summed E-state index contributed by atoms with van der Waals surface area (Å²) in [5, 5.41) is 3.77. The summed E-state index contributed by atoms with van der Waals surface area (Å²) in [7, 11) is 0. The fourth-order valence-electron chi connectivity index (χ4n) is 5.59. The molecule has 3 atom stereocenters. The lowest BCUT2D eigenvalue weighted by Crippen LogP contribution is -2.59. The van der Waals surface area contributed by atoms with E-state index in [2.05, 4.69) is 17.4 Å². The van der Waals surface area contributed by atoms with Crippen LogP contribution >= 0.6 is 0 Å². The average molecular weight is 341 g/mol. The van der Waals surface area contributed by atoms with Crippen molar-refractivity contribution in [3.05, 3.63) is 29.3 Å². The molecule has 1 N–H and O–H groups in total. The molecule has 4 heteroatoms. The van der Waals surface area contributed by atoms with E-state index in [0.29, 0.717) is 11.5 Å². The molecule has 1 aromatic carbocycles. The summed E-state index contributed by atoms with van der Waals surface area (Å²) in [4.78, 5) is 11.6. The van der Waals surface area contributed by atoms with Crippen molar-refractivity contribution >= 4 is 5.97 Å². The maximum atomic E-state index is 11.6. The molecule has 0 spiro atoms. The highest BCUT2D eigenvalue weighted by molar-refractivity contribution is 5.74. The molecule has 1 aromatic rings. The number of hydrogen-bond acceptors (Lipinski definition) is 4. The fourth-order valence-corrected chi connectivity index (χ4v) is 5.59. The second kappa shape index (κ2) is 6.01. The molecule has 4 aliphatic rings. The van der Waals surface area contributed by atoms with Gasteiger partial charge in [0.2, 0.25) is 6.79 Å². The lowest BCUT2D eigenvalue weighted by Gasteiger charge is -2.56. The molecule has 1 saturated heterocycles. The first-order valence-corrected chi connectivity index (χ1v) is 9.92. The highest BCUT2D eigenvalue weighted by atomic mass is 16.7. The Kier molecular flexibility index (Phi) is 3.77. The molecule has 1 aliphatic heterocycles. The van der Waals surface area contributed by atoms with Crippen molar-refractivity contribution in [3.8, 4) is 5.75 Å².